The highest BCUT2D eigenvalue weighted by Gasteiger charge is 2.38. The summed E-state index contributed by atoms with van der Waals surface area (Å²) in [4.78, 5) is 0. The molecule has 2 heteroatoms. The Kier molecular flexibility index (Phi) is 8.71. The van der Waals surface area contributed by atoms with Crippen molar-refractivity contribution in [3.05, 3.63) is 130 Å². The topological polar surface area (TPSA) is 52.0 Å². The van der Waals surface area contributed by atoms with Gasteiger partial charge in [0.25, 0.3) is 0 Å². The molecule has 0 aliphatic heterocycles. The van der Waals surface area contributed by atoms with Gasteiger partial charge in [0.15, 0.2) is 0 Å². The Morgan fingerprint density at radius 2 is 0.949 bits per heavy atom. The quantitative estimate of drug-likeness (QED) is 0.163. The Morgan fingerprint density at radius 1 is 0.564 bits per heavy atom. The maximum atomic E-state index is 5.88. The van der Waals surface area contributed by atoms with E-state index in [1.54, 1.807) is 0 Å². The summed E-state index contributed by atoms with van der Waals surface area (Å²) in [6.07, 6.45) is 12.4. The molecule has 0 radical (unpaired) electrons. The lowest BCUT2D eigenvalue weighted by Gasteiger charge is -2.42. The second kappa shape index (κ2) is 12.6. The van der Waals surface area contributed by atoms with Gasteiger partial charge in [-0.25, -0.2) is 0 Å². The molecule has 0 atom stereocenters. The van der Waals surface area contributed by atoms with E-state index < -0.39 is 0 Å². The first-order valence-electron chi connectivity index (χ1n) is 14.9. The molecule has 4 aromatic carbocycles. The molecule has 4 N–H and O–H groups in total. The number of anilines is 2. The van der Waals surface area contributed by atoms with E-state index in [1.807, 2.05) is 24.3 Å². The van der Waals surface area contributed by atoms with Crippen LogP contribution in [0.2, 0.25) is 0 Å². The normalized spacial score (nSPS) is 15.3. The van der Waals surface area contributed by atoms with E-state index in [0.717, 1.165) is 30.1 Å². The monoisotopic (exact) mass is 516 g/mol. The zero-order valence-electron chi connectivity index (χ0n) is 23.5. The van der Waals surface area contributed by atoms with Crippen molar-refractivity contribution in [2.75, 3.05) is 11.5 Å². The van der Waals surface area contributed by atoms with Crippen LogP contribution in [0.3, 0.4) is 0 Å². The average molecular weight is 517 g/mol. The first-order chi connectivity index (χ1) is 19.0. The van der Waals surface area contributed by atoms with Gasteiger partial charge in [0.2, 0.25) is 0 Å². The van der Waals surface area contributed by atoms with Crippen molar-refractivity contribution in [1.29, 1.82) is 0 Å². The lowest BCUT2D eigenvalue weighted by atomic mass is 9.62. The molecule has 1 saturated carbocycles. The number of unbranched alkanes of at least 4 members (excludes halogenated alkanes) is 2. The molecule has 1 fully saturated rings. The maximum absolute atomic E-state index is 5.88. The van der Waals surface area contributed by atoms with Gasteiger partial charge >= 0.3 is 0 Å². The number of hydrogen-bond acceptors (Lipinski definition) is 2. The first-order valence-corrected chi connectivity index (χ1v) is 14.9. The lowest BCUT2D eigenvalue weighted by Crippen LogP contribution is -2.33. The van der Waals surface area contributed by atoms with Crippen molar-refractivity contribution >= 4 is 11.4 Å². The third kappa shape index (κ3) is 6.74. The highest BCUT2D eigenvalue weighted by Crippen LogP contribution is 2.47. The van der Waals surface area contributed by atoms with E-state index in [4.69, 9.17) is 11.5 Å². The fourth-order valence-corrected chi connectivity index (χ4v) is 6.51. The molecular formula is C37H44N2. The van der Waals surface area contributed by atoms with Crippen molar-refractivity contribution in [3.63, 3.8) is 0 Å². The molecule has 1 aliphatic carbocycles. The van der Waals surface area contributed by atoms with Gasteiger partial charge in [-0.15, -0.1) is 0 Å². The third-order valence-corrected chi connectivity index (χ3v) is 8.96. The molecule has 0 aromatic heterocycles. The van der Waals surface area contributed by atoms with Crippen LogP contribution in [0.5, 0.6) is 0 Å². The maximum Gasteiger partial charge on any atom is 0.0314 e. The molecule has 0 heterocycles. The van der Waals surface area contributed by atoms with Gasteiger partial charge in [-0.05, 0) is 102 Å². The lowest BCUT2D eigenvalue weighted by molar-refractivity contribution is 0.250. The van der Waals surface area contributed by atoms with E-state index in [9.17, 15) is 0 Å². The predicted molar refractivity (Wildman–Crippen MR) is 167 cm³/mol. The molecule has 0 spiro atoms. The van der Waals surface area contributed by atoms with Crippen molar-refractivity contribution in [2.45, 2.75) is 76.5 Å². The van der Waals surface area contributed by atoms with Crippen LogP contribution in [-0.4, -0.2) is 0 Å². The zero-order valence-corrected chi connectivity index (χ0v) is 23.5. The third-order valence-electron chi connectivity index (χ3n) is 8.96. The molecule has 202 valence electrons. The van der Waals surface area contributed by atoms with E-state index >= 15 is 0 Å². The molecule has 39 heavy (non-hydrogen) atoms. The fraction of sp³-hybridized carbons (Fsp3) is 0.351. The minimum absolute atomic E-state index is 0.0979. The molecule has 0 unspecified atom stereocenters. The molecule has 4 aromatic rings. The van der Waals surface area contributed by atoms with Gasteiger partial charge in [0.05, 0.1) is 0 Å². The van der Waals surface area contributed by atoms with Crippen molar-refractivity contribution in [3.8, 4) is 0 Å². The van der Waals surface area contributed by atoms with Crippen LogP contribution in [0.4, 0.5) is 11.4 Å². The van der Waals surface area contributed by atoms with Crippen molar-refractivity contribution < 1.29 is 0 Å². The first kappa shape index (κ1) is 27.1. The largest absolute Gasteiger partial charge is 0.399 e. The summed E-state index contributed by atoms with van der Waals surface area (Å²) >= 11 is 0. The van der Waals surface area contributed by atoms with Crippen LogP contribution >= 0.6 is 0 Å². The number of nitrogen functional groups attached to an aromatic ring is 2. The zero-order chi connectivity index (χ0) is 27.1. The van der Waals surface area contributed by atoms with Crippen LogP contribution < -0.4 is 11.5 Å². The minimum atomic E-state index is 0.0979. The van der Waals surface area contributed by atoms with Crippen molar-refractivity contribution in [1.82, 2.24) is 0 Å². The summed E-state index contributed by atoms with van der Waals surface area (Å²) in [5.41, 5.74) is 21.8. The Labute approximate surface area is 235 Å². The summed E-state index contributed by atoms with van der Waals surface area (Å²) in [5.74, 6) is 0.874. The summed E-state index contributed by atoms with van der Waals surface area (Å²) in [5, 5.41) is 0. The van der Waals surface area contributed by atoms with Gasteiger partial charge in [-0.3, -0.25) is 0 Å². The van der Waals surface area contributed by atoms with E-state index in [-0.39, 0.29) is 5.41 Å². The van der Waals surface area contributed by atoms with E-state index in [0.29, 0.717) is 0 Å². The molecule has 0 amide bonds. The molecule has 5 rings (SSSR count). The number of hydrogen-bond donors (Lipinski definition) is 2. The SMILES string of the molecule is CCCCCC1CCC(c2ccc(Cc3ccc(N)cc3)cc2)(c2ccc(Cc3ccc(N)cc3)cc2)CC1. The number of rotatable bonds is 10. The van der Waals surface area contributed by atoms with E-state index in [2.05, 4.69) is 79.7 Å². The summed E-state index contributed by atoms with van der Waals surface area (Å²) in [6.45, 7) is 2.31. The summed E-state index contributed by atoms with van der Waals surface area (Å²) < 4.78 is 0. The van der Waals surface area contributed by atoms with Crippen LogP contribution in [-0.2, 0) is 18.3 Å². The van der Waals surface area contributed by atoms with Crippen LogP contribution in [0.15, 0.2) is 97.1 Å². The average Bonchev–Trinajstić information content (AvgIpc) is 2.97. The standard InChI is InChI=1S/C37H44N2/c1-2-3-4-5-28-22-24-37(25-23-28,33-14-6-29(7-15-33)26-31-10-18-35(38)19-11-31)34-16-8-30(9-17-34)27-32-12-20-36(39)21-13-32/h6-21,28H,2-5,22-27,38-39H2,1H3. The van der Waals surface area contributed by atoms with Gasteiger partial charge in [0, 0.05) is 16.8 Å². The Bertz CT molecular complexity index is 1200. The number of benzene rings is 4. The van der Waals surface area contributed by atoms with Crippen LogP contribution in [0.25, 0.3) is 0 Å². The van der Waals surface area contributed by atoms with Crippen LogP contribution in [0, 0.1) is 5.92 Å². The van der Waals surface area contributed by atoms with Crippen molar-refractivity contribution in [2.24, 2.45) is 5.92 Å². The highest BCUT2D eigenvalue weighted by molar-refractivity contribution is 5.45. The molecule has 0 bridgehead atoms. The highest BCUT2D eigenvalue weighted by atomic mass is 14.5. The fourth-order valence-electron chi connectivity index (χ4n) is 6.51. The molecule has 2 nitrogen and oxygen atoms in total. The second-order valence-electron chi connectivity index (χ2n) is 11.8. The summed E-state index contributed by atoms with van der Waals surface area (Å²) in [7, 11) is 0. The Hall–Kier alpha value is -3.52. The van der Waals surface area contributed by atoms with Crippen LogP contribution in [0.1, 0.15) is 91.7 Å². The smallest absolute Gasteiger partial charge is 0.0314 e. The number of nitrogens with two attached hydrogens (primary N) is 2. The second-order valence-corrected chi connectivity index (χ2v) is 11.8. The Morgan fingerprint density at radius 3 is 1.33 bits per heavy atom. The minimum Gasteiger partial charge on any atom is -0.399 e. The Balaban J connectivity index is 1.37. The van der Waals surface area contributed by atoms with Gasteiger partial charge in [-0.2, -0.15) is 0 Å². The van der Waals surface area contributed by atoms with Gasteiger partial charge in [-0.1, -0.05) is 105 Å². The molecular weight excluding hydrogens is 472 g/mol. The summed E-state index contributed by atoms with van der Waals surface area (Å²) in [6, 6.07) is 35.5. The van der Waals surface area contributed by atoms with Gasteiger partial charge < -0.3 is 11.5 Å². The molecule has 1 aliphatic rings. The van der Waals surface area contributed by atoms with E-state index in [1.165, 1.54) is 84.7 Å². The molecule has 0 saturated heterocycles. The predicted octanol–water partition coefficient (Wildman–Crippen LogP) is 9.09. The van der Waals surface area contributed by atoms with Gasteiger partial charge in [0.1, 0.15) is 0 Å².